The van der Waals surface area contributed by atoms with Crippen LogP contribution in [0.3, 0.4) is 0 Å². The number of hydrogen-bond donors (Lipinski definition) is 1. The van der Waals surface area contributed by atoms with Crippen molar-refractivity contribution in [1.29, 1.82) is 5.41 Å². The SMILES string of the molecule is CCC=CC=C=N. The number of allylic oxidation sites excluding steroid dienone is 3. The van der Waals surface area contributed by atoms with Crippen LogP contribution in [0.15, 0.2) is 18.2 Å². The summed E-state index contributed by atoms with van der Waals surface area (Å²) in [6.45, 7) is 2.05. The molecule has 0 fully saturated rings. The maximum atomic E-state index is 6.42. The van der Waals surface area contributed by atoms with Gasteiger partial charge in [-0.25, -0.2) is 0 Å². The molecular weight excluding hydrogens is 86.1 g/mol. The standard InChI is InChI=1S/C6H9N/c1-2-3-4-5-6-7/h3-5,7H,2H2,1H3. The zero-order valence-electron chi connectivity index (χ0n) is 4.44. The highest BCUT2D eigenvalue weighted by atomic mass is 14.3. The second-order valence-corrected chi connectivity index (χ2v) is 1.15. The lowest BCUT2D eigenvalue weighted by Gasteiger charge is -1.67. The summed E-state index contributed by atoms with van der Waals surface area (Å²) < 4.78 is 0. The average molecular weight is 95.1 g/mol. The predicted octanol–water partition coefficient (Wildman–Crippen LogP) is 1.76. The molecule has 0 heterocycles. The van der Waals surface area contributed by atoms with Gasteiger partial charge in [0.05, 0.1) is 0 Å². The van der Waals surface area contributed by atoms with Gasteiger partial charge in [-0.3, -0.25) is 5.41 Å². The molecule has 1 N–H and O–H groups in total. The van der Waals surface area contributed by atoms with E-state index in [1.54, 1.807) is 6.08 Å². The van der Waals surface area contributed by atoms with E-state index in [9.17, 15) is 0 Å². The maximum absolute atomic E-state index is 6.42. The average Bonchev–Trinajstić information content (AvgIpc) is 1.69. The minimum absolute atomic E-state index is 1.03. The van der Waals surface area contributed by atoms with Crippen molar-refractivity contribution < 1.29 is 0 Å². The zero-order valence-corrected chi connectivity index (χ0v) is 4.44. The van der Waals surface area contributed by atoms with Gasteiger partial charge < -0.3 is 0 Å². The molecule has 0 radical (unpaired) electrons. The van der Waals surface area contributed by atoms with Gasteiger partial charge in [-0.2, -0.15) is 0 Å². The Morgan fingerprint density at radius 2 is 2.43 bits per heavy atom. The second kappa shape index (κ2) is 5.19. The summed E-state index contributed by atoms with van der Waals surface area (Å²) in [7, 11) is 0. The first-order valence-electron chi connectivity index (χ1n) is 2.32. The first kappa shape index (κ1) is 6.19. The van der Waals surface area contributed by atoms with Gasteiger partial charge in [0.1, 0.15) is 0 Å². The van der Waals surface area contributed by atoms with E-state index in [2.05, 4.69) is 5.87 Å². The van der Waals surface area contributed by atoms with Gasteiger partial charge in [-0.15, -0.1) is 0 Å². The highest BCUT2D eigenvalue weighted by molar-refractivity contribution is 5.50. The molecule has 1 heteroatoms. The van der Waals surface area contributed by atoms with Gasteiger partial charge in [0.25, 0.3) is 0 Å². The fourth-order valence-electron chi connectivity index (χ4n) is 0.252. The molecule has 0 saturated heterocycles. The third kappa shape index (κ3) is 5.19. The van der Waals surface area contributed by atoms with Crippen molar-refractivity contribution in [3.05, 3.63) is 18.2 Å². The molecule has 0 bridgehead atoms. The highest BCUT2D eigenvalue weighted by Gasteiger charge is 1.57. The molecular formula is C6H9N. The predicted molar refractivity (Wildman–Crippen MR) is 31.7 cm³/mol. The summed E-state index contributed by atoms with van der Waals surface area (Å²) in [4.78, 5) is 0. The van der Waals surface area contributed by atoms with Gasteiger partial charge in [-0.1, -0.05) is 19.1 Å². The Morgan fingerprint density at radius 1 is 1.71 bits per heavy atom. The van der Waals surface area contributed by atoms with Gasteiger partial charge in [0, 0.05) is 0 Å². The molecule has 0 aromatic rings. The molecule has 0 spiro atoms. The zero-order chi connectivity index (χ0) is 5.54. The molecule has 0 amide bonds. The van der Waals surface area contributed by atoms with Crippen molar-refractivity contribution in [2.24, 2.45) is 0 Å². The van der Waals surface area contributed by atoms with E-state index in [-0.39, 0.29) is 0 Å². The van der Waals surface area contributed by atoms with E-state index in [4.69, 9.17) is 5.41 Å². The summed E-state index contributed by atoms with van der Waals surface area (Å²) in [6.07, 6.45) is 6.39. The summed E-state index contributed by atoms with van der Waals surface area (Å²) in [5.74, 6) is 2.14. The molecule has 0 unspecified atom stereocenters. The lowest BCUT2D eigenvalue weighted by Crippen LogP contribution is -1.49. The van der Waals surface area contributed by atoms with Gasteiger partial charge in [0.15, 0.2) is 0 Å². The summed E-state index contributed by atoms with van der Waals surface area (Å²) in [6, 6.07) is 0. The third-order valence-electron chi connectivity index (χ3n) is 0.551. The van der Waals surface area contributed by atoms with Crippen LogP contribution in [0.25, 0.3) is 0 Å². The van der Waals surface area contributed by atoms with E-state index in [0.717, 1.165) is 6.42 Å². The van der Waals surface area contributed by atoms with E-state index in [0.29, 0.717) is 0 Å². The van der Waals surface area contributed by atoms with Gasteiger partial charge >= 0.3 is 0 Å². The van der Waals surface area contributed by atoms with Gasteiger partial charge in [0.2, 0.25) is 0 Å². The van der Waals surface area contributed by atoms with Crippen LogP contribution in [0.1, 0.15) is 13.3 Å². The van der Waals surface area contributed by atoms with Crippen LogP contribution < -0.4 is 0 Å². The lowest BCUT2D eigenvalue weighted by atomic mass is 10.4. The molecule has 1 nitrogen and oxygen atoms in total. The minimum atomic E-state index is 1.03. The Kier molecular flexibility index (Phi) is 4.59. The molecule has 0 rings (SSSR count). The van der Waals surface area contributed by atoms with E-state index >= 15 is 0 Å². The first-order valence-corrected chi connectivity index (χ1v) is 2.32. The Morgan fingerprint density at radius 3 is 2.86 bits per heavy atom. The van der Waals surface area contributed by atoms with Crippen LogP contribution in [0.2, 0.25) is 0 Å². The number of hydrogen-bond acceptors (Lipinski definition) is 1. The lowest BCUT2D eigenvalue weighted by molar-refractivity contribution is 1.22. The molecule has 0 aliphatic carbocycles. The molecule has 0 aromatic carbocycles. The highest BCUT2D eigenvalue weighted by Crippen LogP contribution is 1.76. The van der Waals surface area contributed by atoms with Crippen LogP contribution in [0, 0.1) is 5.41 Å². The molecule has 7 heavy (non-hydrogen) atoms. The molecule has 0 aliphatic rings. The fourth-order valence-corrected chi connectivity index (χ4v) is 0.252. The Bertz CT molecular complexity index is 96.7. The Balaban J connectivity index is 3.27. The largest absolute Gasteiger partial charge is 0.259 e. The van der Waals surface area contributed by atoms with Crippen LogP contribution in [-0.2, 0) is 0 Å². The molecule has 0 aliphatic heterocycles. The molecule has 0 saturated carbocycles. The molecule has 38 valence electrons. The Hall–Kier alpha value is -0.810. The quantitative estimate of drug-likeness (QED) is 0.399. The summed E-state index contributed by atoms with van der Waals surface area (Å²) in [5.41, 5.74) is 0. The maximum Gasteiger partial charge on any atom is -0.00134 e. The fraction of sp³-hybridized carbons (Fsp3) is 0.333. The van der Waals surface area contributed by atoms with Crippen molar-refractivity contribution in [3.8, 4) is 0 Å². The number of rotatable bonds is 2. The topological polar surface area (TPSA) is 23.9 Å². The van der Waals surface area contributed by atoms with Crippen molar-refractivity contribution in [2.45, 2.75) is 13.3 Å². The van der Waals surface area contributed by atoms with Crippen molar-refractivity contribution in [1.82, 2.24) is 0 Å². The van der Waals surface area contributed by atoms with E-state index in [1.165, 1.54) is 0 Å². The van der Waals surface area contributed by atoms with Crippen LogP contribution in [0.5, 0.6) is 0 Å². The van der Waals surface area contributed by atoms with Crippen LogP contribution >= 0.6 is 0 Å². The normalized spacial score (nSPS) is 8.71. The molecule has 0 atom stereocenters. The summed E-state index contributed by atoms with van der Waals surface area (Å²) >= 11 is 0. The second-order valence-electron chi connectivity index (χ2n) is 1.15. The minimum Gasteiger partial charge on any atom is -0.259 e. The monoisotopic (exact) mass is 95.1 g/mol. The van der Waals surface area contributed by atoms with Crippen LogP contribution in [-0.4, -0.2) is 5.87 Å². The summed E-state index contributed by atoms with van der Waals surface area (Å²) in [5, 5.41) is 6.42. The van der Waals surface area contributed by atoms with Crippen molar-refractivity contribution >= 4 is 5.87 Å². The van der Waals surface area contributed by atoms with Crippen LogP contribution in [0.4, 0.5) is 0 Å². The van der Waals surface area contributed by atoms with E-state index < -0.39 is 0 Å². The number of nitrogens with one attached hydrogen (secondary N) is 1. The smallest absolute Gasteiger partial charge is 0.00134 e. The Labute approximate surface area is 43.9 Å². The van der Waals surface area contributed by atoms with Gasteiger partial charge in [-0.05, 0) is 18.4 Å². The molecule has 0 aromatic heterocycles. The van der Waals surface area contributed by atoms with Crippen molar-refractivity contribution in [2.75, 3.05) is 0 Å². The first-order chi connectivity index (χ1) is 3.41. The van der Waals surface area contributed by atoms with Crippen molar-refractivity contribution in [3.63, 3.8) is 0 Å². The third-order valence-corrected chi connectivity index (χ3v) is 0.551. The van der Waals surface area contributed by atoms with E-state index in [1.807, 2.05) is 19.1 Å².